The summed E-state index contributed by atoms with van der Waals surface area (Å²) in [5.74, 6) is 1.43. The standard InChI is InChI=1S/C15H19N3O3/c19-12-3-2-11(9-13(12)20)15-17-14(21-18-15)4-1-10-5-7-16-8-6-10/h2-3,9-10,16,19-20H,1,4-8H2. The zero-order valence-corrected chi connectivity index (χ0v) is 11.7. The molecule has 21 heavy (non-hydrogen) atoms. The third kappa shape index (κ3) is 3.33. The first-order chi connectivity index (χ1) is 10.2. The topological polar surface area (TPSA) is 91.4 Å². The van der Waals surface area contributed by atoms with Gasteiger partial charge in [0.15, 0.2) is 11.5 Å². The number of hydrogen-bond donors (Lipinski definition) is 3. The van der Waals surface area contributed by atoms with Gasteiger partial charge >= 0.3 is 0 Å². The zero-order valence-electron chi connectivity index (χ0n) is 11.7. The van der Waals surface area contributed by atoms with Crippen LogP contribution in [0.1, 0.15) is 25.2 Å². The van der Waals surface area contributed by atoms with E-state index in [1.807, 2.05) is 0 Å². The number of nitrogens with zero attached hydrogens (tertiary/aromatic N) is 2. The molecular weight excluding hydrogens is 270 g/mol. The molecule has 2 heterocycles. The Morgan fingerprint density at radius 2 is 2.00 bits per heavy atom. The van der Waals surface area contributed by atoms with Crippen molar-refractivity contribution in [3.8, 4) is 22.9 Å². The number of aryl methyl sites for hydroxylation is 1. The fraction of sp³-hybridized carbons (Fsp3) is 0.467. The largest absolute Gasteiger partial charge is 0.504 e. The Kier molecular flexibility index (Phi) is 4.06. The van der Waals surface area contributed by atoms with Gasteiger partial charge in [0.25, 0.3) is 0 Å². The molecule has 6 nitrogen and oxygen atoms in total. The first-order valence-electron chi connectivity index (χ1n) is 7.28. The van der Waals surface area contributed by atoms with E-state index in [-0.39, 0.29) is 11.5 Å². The van der Waals surface area contributed by atoms with Gasteiger partial charge in [-0.25, -0.2) is 0 Å². The molecule has 1 aromatic heterocycles. The lowest BCUT2D eigenvalue weighted by atomic mass is 9.93. The minimum atomic E-state index is -0.187. The van der Waals surface area contributed by atoms with Crippen molar-refractivity contribution in [2.75, 3.05) is 13.1 Å². The highest BCUT2D eigenvalue weighted by atomic mass is 16.5. The molecule has 6 heteroatoms. The monoisotopic (exact) mass is 289 g/mol. The van der Waals surface area contributed by atoms with Crippen LogP contribution in [0.3, 0.4) is 0 Å². The summed E-state index contributed by atoms with van der Waals surface area (Å²) in [4.78, 5) is 4.35. The van der Waals surface area contributed by atoms with Crippen molar-refractivity contribution in [2.45, 2.75) is 25.7 Å². The average molecular weight is 289 g/mol. The van der Waals surface area contributed by atoms with Crippen LogP contribution in [0.2, 0.25) is 0 Å². The molecule has 0 atom stereocenters. The summed E-state index contributed by atoms with van der Waals surface area (Å²) < 4.78 is 5.26. The molecule has 2 aromatic rings. The molecule has 3 rings (SSSR count). The number of rotatable bonds is 4. The minimum Gasteiger partial charge on any atom is -0.504 e. The van der Waals surface area contributed by atoms with Crippen LogP contribution in [0.25, 0.3) is 11.4 Å². The summed E-state index contributed by atoms with van der Waals surface area (Å²) in [7, 11) is 0. The fourth-order valence-corrected chi connectivity index (χ4v) is 2.63. The Morgan fingerprint density at radius 1 is 1.19 bits per heavy atom. The van der Waals surface area contributed by atoms with Gasteiger partial charge in [-0.05, 0) is 56.5 Å². The van der Waals surface area contributed by atoms with Gasteiger partial charge in [0, 0.05) is 12.0 Å². The third-order valence-electron chi connectivity index (χ3n) is 3.93. The number of aromatic hydroxyl groups is 2. The molecule has 1 saturated heterocycles. The van der Waals surface area contributed by atoms with Crippen LogP contribution in [0.4, 0.5) is 0 Å². The van der Waals surface area contributed by atoms with Crippen LogP contribution in [0.15, 0.2) is 22.7 Å². The molecule has 0 spiro atoms. The molecule has 0 aliphatic carbocycles. The lowest BCUT2D eigenvalue weighted by Gasteiger charge is -2.21. The number of benzene rings is 1. The third-order valence-corrected chi connectivity index (χ3v) is 3.93. The van der Waals surface area contributed by atoms with Crippen LogP contribution in [0, 0.1) is 5.92 Å². The van der Waals surface area contributed by atoms with Gasteiger partial charge < -0.3 is 20.1 Å². The van der Waals surface area contributed by atoms with E-state index in [9.17, 15) is 10.2 Å². The highest BCUT2D eigenvalue weighted by Crippen LogP contribution is 2.29. The van der Waals surface area contributed by atoms with Crippen LogP contribution in [-0.4, -0.2) is 33.4 Å². The second-order valence-electron chi connectivity index (χ2n) is 5.45. The molecular formula is C15H19N3O3. The Hall–Kier alpha value is -2.08. The SMILES string of the molecule is Oc1ccc(-c2noc(CCC3CCNCC3)n2)cc1O. The van der Waals surface area contributed by atoms with Crippen LogP contribution >= 0.6 is 0 Å². The van der Waals surface area contributed by atoms with E-state index in [1.165, 1.54) is 25.0 Å². The molecule has 1 aliphatic rings. The van der Waals surface area contributed by atoms with Gasteiger partial charge in [-0.15, -0.1) is 0 Å². The van der Waals surface area contributed by atoms with Crippen LogP contribution < -0.4 is 5.32 Å². The quantitative estimate of drug-likeness (QED) is 0.746. The van der Waals surface area contributed by atoms with Gasteiger partial charge in [0.05, 0.1) is 0 Å². The highest BCUT2D eigenvalue weighted by molar-refractivity contribution is 5.59. The summed E-state index contributed by atoms with van der Waals surface area (Å²) in [6.07, 6.45) is 4.24. The van der Waals surface area contributed by atoms with E-state index in [1.54, 1.807) is 6.07 Å². The van der Waals surface area contributed by atoms with Gasteiger partial charge in [0.2, 0.25) is 11.7 Å². The lowest BCUT2D eigenvalue weighted by molar-refractivity contribution is 0.324. The van der Waals surface area contributed by atoms with Gasteiger partial charge in [0.1, 0.15) is 0 Å². The van der Waals surface area contributed by atoms with Crippen molar-refractivity contribution >= 4 is 0 Å². The smallest absolute Gasteiger partial charge is 0.226 e. The van der Waals surface area contributed by atoms with E-state index < -0.39 is 0 Å². The molecule has 1 fully saturated rings. The van der Waals surface area contributed by atoms with Crippen molar-refractivity contribution in [1.82, 2.24) is 15.5 Å². The van der Waals surface area contributed by atoms with E-state index >= 15 is 0 Å². The molecule has 3 N–H and O–H groups in total. The van der Waals surface area contributed by atoms with Gasteiger partial charge in [-0.2, -0.15) is 4.98 Å². The molecule has 0 radical (unpaired) electrons. The van der Waals surface area contributed by atoms with Crippen molar-refractivity contribution in [2.24, 2.45) is 5.92 Å². The van der Waals surface area contributed by atoms with Gasteiger partial charge in [-0.3, -0.25) is 0 Å². The van der Waals surface area contributed by atoms with Gasteiger partial charge in [-0.1, -0.05) is 5.16 Å². The summed E-state index contributed by atoms with van der Waals surface area (Å²) in [5, 5.41) is 26.1. The average Bonchev–Trinajstić information content (AvgIpc) is 2.98. The van der Waals surface area contributed by atoms with E-state index in [2.05, 4.69) is 15.5 Å². The molecule has 1 aliphatic heterocycles. The number of piperidine rings is 1. The highest BCUT2D eigenvalue weighted by Gasteiger charge is 2.15. The molecule has 0 amide bonds. The Balaban J connectivity index is 1.63. The van der Waals surface area contributed by atoms with Crippen molar-refractivity contribution in [3.63, 3.8) is 0 Å². The van der Waals surface area contributed by atoms with Crippen LogP contribution in [-0.2, 0) is 6.42 Å². The molecule has 112 valence electrons. The first-order valence-corrected chi connectivity index (χ1v) is 7.28. The summed E-state index contributed by atoms with van der Waals surface area (Å²) in [6, 6.07) is 4.49. The number of nitrogens with one attached hydrogen (secondary N) is 1. The predicted octanol–water partition coefficient (Wildman–Crippen LogP) is 2.08. The number of hydrogen-bond acceptors (Lipinski definition) is 6. The Bertz CT molecular complexity index is 606. The molecule has 0 unspecified atom stereocenters. The number of phenolic OH excluding ortho intramolecular Hbond substituents is 2. The maximum atomic E-state index is 9.50. The normalized spacial score (nSPS) is 16.2. The van der Waals surface area contributed by atoms with E-state index in [4.69, 9.17) is 4.52 Å². The number of phenols is 2. The Morgan fingerprint density at radius 3 is 2.76 bits per heavy atom. The minimum absolute atomic E-state index is 0.159. The molecule has 0 bridgehead atoms. The van der Waals surface area contributed by atoms with Crippen molar-refractivity contribution in [1.29, 1.82) is 0 Å². The number of aromatic nitrogens is 2. The predicted molar refractivity (Wildman–Crippen MR) is 77.0 cm³/mol. The van der Waals surface area contributed by atoms with Crippen molar-refractivity contribution < 1.29 is 14.7 Å². The van der Waals surface area contributed by atoms with Crippen molar-refractivity contribution in [3.05, 3.63) is 24.1 Å². The second kappa shape index (κ2) is 6.13. The van der Waals surface area contributed by atoms with Crippen LogP contribution in [0.5, 0.6) is 11.5 Å². The zero-order chi connectivity index (χ0) is 14.7. The van der Waals surface area contributed by atoms with E-state index in [0.717, 1.165) is 31.8 Å². The summed E-state index contributed by atoms with van der Waals surface area (Å²) in [6.45, 7) is 2.18. The lowest BCUT2D eigenvalue weighted by Crippen LogP contribution is -2.27. The first kappa shape index (κ1) is 13.9. The Labute approximate surface area is 122 Å². The molecule has 1 aromatic carbocycles. The van der Waals surface area contributed by atoms with E-state index in [0.29, 0.717) is 17.3 Å². The maximum absolute atomic E-state index is 9.50. The fourth-order valence-electron chi connectivity index (χ4n) is 2.63. The summed E-state index contributed by atoms with van der Waals surface area (Å²) >= 11 is 0. The maximum Gasteiger partial charge on any atom is 0.226 e. The second-order valence-corrected chi connectivity index (χ2v) is 5.45. The summed E-state index contributed by atoms with van der Waals surface area (Å²) in [5.41, 5.74) is 0.627. The molecule has 0 saturated carbocycles.